The Labute approximate surface area is 155 Å². The highest BCUT2D eigenvalue weighted by atomic mass is 32.1. The molecule has 3 amide bonds. The van der Waals surface area contributed by atoms with Gasteiger partial charge >= 0.3 is 5.97 Å². The second-order valence-corrected chi connectivity index (χ2v) is 5.97. The zero-order chi connectivity index (χ0) is 19.7. The number of benzene rings is 1. The van der Waals surface area contributed by atoms with Crippen LogP contribution in [0.15, 0.2) is 30.3 Å². The topological polar surface area (TPSA) is 165 Å². The van der Waals surface area contributed by atoms with Crippen molar-refractivity contribution in [3.63, 3.8) is 0 Å². The van der Waals surface area contributed by atoms with Crippen molar-refractivity contribution in [3.8, 4) is 0 Å². The number of primary amides is 1. The summed E-state index contributed by atoms with van der Waals surface area (Å²) in [7, 11) is 0. The number of hydrogen-bond donors (Lipinski definition) is 6. The minimum absolute atomic E-state index is 0.0303. The molecule has 1 aromatic carbocycles. The van der Waals surface area contributed by atoms with E-state index in [1.807, 2.05) is 0 Å². The molecule has 0 saturated heterocycles. The van der Waals surface area contributed by atoms with Gasteiger partial charge in [-0.05, 0) is 5.56 Å². The Morgan fingerprint density at radius 2 is 1.62 bits per heavy atom. The number of nitrogens with one attached hydrogen (secondary N) is 2. The fourth-order valence-corrected chi connectivity index (χ4v) is 2.26. The highest BCUT2D eigenvalue weighted by molar-refractivity contribution is 7.80. The first kappa shape index (κ1) is 21.5. The third-order valence-corrected chi connectivity index (χ3v) is 3.86. The van der Waals surface area contributed by atoms with E-state index in [0.717, 1.165) is 0 Å². The molecule has 1 rings (SSSR count). The Kier molecular flexibility index (Phi) is 8.59. The van der Waals surface area contributed by atoms with Crippen molar-refractivity contribution in [2.75, 3.05) is 5.75 Å². The SMILES string of the molecule is NC(=O)C[C@H](NC(=O)[C@@H](N)CS)C(=O)N[C@@H](Cc1ccccc1)C(=O)O. The van der Waals surface area contributed by atoms with Gasteiger partial charge in [-0.25, -0.2) is 4.79 Å². The maximum atomic E-state index is 12.4. The predicted molar refractivity (Wildman–Crippen MR) is 97.3 cm³/mol. The quantitative estimate of drug-likeness (QED) is 0.267. The molecular weight excluding hydrogens is 360 g/mol. The molecule has 0 aliphatic rings. The van der Waals surface area contributed by atoms with Crippen molar-refractivity contribution < 1.29 is 24.3 Å². The lowest BCUT2D eigenvalue weighted by atomic mass is 10.0. The van der Waals surface area contributed by atoms with Gasteiger partial charge in [0.15, 0.2) is 0 Å². The number of rotatable bonds is 10. The van der Waals surface area contributed by atoms with Gasteiger partial charge in [-0.3, -0.25) is 14.4 Å². The molecule has 0 aliphatic heterocycles. The summed E-state index contributed by atoms with van der Waals surface area (Å²) in [5.74, 6) is -3.59. The zero-order valence-corrected chi connectivity index (χ0v) is 14.8. The predicted octanol–water partition coefficient (Wildman–Crippen LogP) is -1.58. The summed E-state index contributed by atoms with van der Waals surface area (Å²) in [4.78, 5) is 46.8. The van der Waals surface area contributed by atoms with Crippen molar-refractivity contribution in [2.24, 2.45) is 11.5 Å². The molecule has 7 N–H and O–H groups in total. The van der Waals surface area contributed by atoms with Gasteiger partial charge in [0.05, 0.1) is 12.5 Å². The van der Waals surface area contributed by atoms with E-state index in [1.54, 1.807) is 30.3 Å². The van der Waals surface area contributed by atoms with Gasteiger partial charge in [-0.15, -0.1) is 0 Å². The minimum Gasteiger partial charge on any atom is -0.480 e. The second kappa shape index (κ2) is 10.4. The number of aliphatic carboxylic acids is 1. The first-order valence-corrected chi connectivity index (χ1v) is 8.40. The first-order valence-electron chi connectivity index (χ1n) is 7.76. The van der Waals surface area contributed by atoms with E-state index < -0.39 is 48.2 Å². The molecule has 0 aromatic heterocycles. The molecule has 0 bridgehead atoms. The van der Waals surface area contributed by atoms with Crippen LogP contribution < -0.4 is 22.1 Å². The third-order valence-electron chi connectivity index (χ3n) is 3.47. The summed E-state index contributed by atoms with van der Waals surface area (Å²) >= 11 is 3.88. The fourth-order valence-electron chi connectivity index (χ4n) is 2.09. The number of amides is 3. The van der Waals surface area contributed by atoms with Crippen LogP contribution in [0.4, 0.5) is 0 Å². The van der Waals surface area contributed by atoms with E-state index in [0.29, 0.717) is 5.56 Å². The average Bonchev–Trinajstić information content (AvgIpc) is 2.60. The van der Waals surface area contributed by atoms with E-state index in [9.17, 15) is 24.3 Å². The zero-order valence-electron chi connectivity index (χ0n) is 13.9. The van der Waals surface area contributed by atoms with Crippen molar-refractivity contribution >= 4 is 36.3 Å². The summed E-state index contributed by atoms with van der Waals surface area (Å²) < 4.78 is 0. The number of thiol groups is 1. The Balaban J connectivity index is 2.85. The maximum Gasteiger partial charge on any atom is 0.326 e. The van der Waals surface area contributed by atoms with Crippen molar-refractivity contribution in [1.29, 1.82) is 0 Å². The highest BCUT2D eigenvalue weighted by Crippen LogP contribution is 2.05. The van der Waals surface area contributed by atoms with Crippen LogP contribution in [0, 0.1) is 0 Å². The van der Waals surface area contributed by atoms with Gasteiger partial charge in [0.1, 0.15) is 12.1 Å². The van der Waals surface area contributed by atoms with Crippen LogP contribution in [0.3, 0.4) is 0 Å². The summed E-state index contributed by atoms with van der Waals surface area (Å²) in [6, 6.07) is 5.14. The lowest BCUT2D eigenvalue weighted by Gasteiger charge is -2.22. The number of carbonyl (C=O) groups excluding carboxylic acids is 3. The van der Waals surface area contributed by atoms with E-state index in [-0.39, 0.29) is 12.2 Å². The van der Waals surface area contributed by atoms with Crippen molar-refractivity contribution in [2.45, 2.75) is 31.0 Å². The normalized spacial score (nSPS) is 13.9. The molecule has 0 saturated carbocycles. The van der Waals surface area contributed by atoms with E-state index in [2.05, 4.69) is 23.3 Å². The molecule has 0 radical (unpaired) electrons. The van der Waals surface area contributed by atoms with E-state index in [1.165, 1.54) is 0 Å². The van der Waals surface area contributed by atoms with E-state index >= 15 is 0 Å². The largest absolute Gasteiger partial charge is 0.480 e. The van der Waals surface area contributed by atoms with Crippen LogP contribution in [0.25, 0.3) is 0 Å². The smallest absolute Gasteiger partial charge is 0.326 e. The van der Waals surface area contributed by atoms with Crippen LogP contribution in [-0.4, -0.2) is 52.7 Å². The summed E-state index contributed by atoms with van der Waals surface area (Å²) in [5, 5.41) is 13.9. The van der Waals surface area contributed by atoms with Gasteiger partial charge in [0.25, 0.3) is 0 Å². The highest BCUT2D eigenvalue weighted by Gasteiger charge is 2.29. The Morgan fingerprint density at radius 3 is 2.12 bits per heavy atom. The van der Waals surface area contributed by atoms with Gasteiger partial charge in [0, 0.05) is 12.2 Å². The van der Waals surface area contributed by atoms with Gasteiger partial charge < -0.3 is 27.2 Å². The second-order valence-electron chi connectivity index (χ2n) is 5.61. The van der Waals surface area contributed by atoms with Crippen LogP contribution in [0.2, 0.25) is 0 Å². The molecule has 0 aliphatic carbocycles. The number of carboxylic acid groups (broad SMARTS) is 1. The Morgan fingerprint density at radius 1 is 1.04 bits per heavy atom. The lowest BCUT2D eigenvalue weighted by molar-refractivity contribution is -0.142. The number of hydrogen-bond acceptors (Lipinski definition) is 6. The molecule has 0 unspecified atom stereocenters. The first-order chi connectivity index (χ1) is 12.2. The van der Waals surface area contributed by atoms with Crippen molar-refractivity contribution in [3.05, 3.63) is 35.9 Å². The van der Waals surface area contributed by atoms with Crippen LogP contribution in [0.1, 0.15) is 12.0 Å². The Bertz CT molecular complexity index is 655. The van der Waals surface area contributed by atoms with Crippen molar-refractivity contribution in [1.82, 2.24) is 10.6 Å². The molecule has 0 spiro atoms. The lowest BCUT2D eigenvalue weighted by Crippen LogP contribution is -2.56. The molecule has 1 aromatic rings. The minimum atomic E-state index is -1.33. The molecular formula is C16H22N4O5S. The van der Waals surface area contributed by atoms with Crippen LogP contribution >= 0.6 is 12.6 Å². The molecule has 9 nitrogen and oxygen atoms in total. The number of carboxylic acids is 1. The van der Waals surface area contributed by atoms with Gasteiger partial charge in [0.2, 0.25) is 17.7 Å². The molecule has 3 atom stereocenters. The van der Waals surface area contributed by atoms with E-state index in [4.69, 9.17) is 11.5 Å². The average molecular weight is 382 g/mol. The molecule has 0 fully saturated rings. The monoisotopic (exact) mass is 382 g/mol. The Hall–Kier alpha value is -2.59. The fraction of sp³-hybridized carbons (Fsp3) is 0.375. The van der Waals surface area contributed by atoms with Gasteiger partial charge in [-0.1, -0.05) is 30.3 Å². The van der Waals surface area contributed by atoms with Crippen LogP contribution in [0.5, 0.6) is 0 Å². The standard InChI is InChI=1S/C16H22N4O5S/c17-10(8-26)14(22)19-11(7-13(18)21)15(23)20-12(16(24)25)6-9-4-2-1-3-5-9/h1-5,10-12,26H,6-8,17H2,(H2,18,21)(H,19,22)(H,20,23)(H,24,25)/t10-,11-,12-/m0/s1. The van der Waals surface area contributed by atoms with Gasteiger partial charge in [-0.2, -0.15) is 12.6 Å². The third kappa shape index (κ3) is 7.11. The summed E-state index contributed by atoms with van der Waals surface area (Å²) in [6.45, 7) is 0. The number of nitrogens with two attached hydrogens (primary N) is 2. The molecule has 0 heterocycles. The molecule has 142 valence electrons. The van der Waals surface area contributed by atoms with Crippen LogP contribution in [-0.2, 0) is 25.6 Å². The summed E-state index contributed by atoms with van der Waals surface area (Å²) in [5.41, 5.74) is 11.3. The molecule has 10 heteroatoms. The maximum absolute atomic E-state index is 12.4. The molecule has 26 heavy (non-hydrogen) atoms. The summed E-state index contributed by atoms with van der Waals surface area (Å²) in [6.07, 6.45) is -0.455. The number of carbonyl (C=O) groups is 4.